The summed E-state index contributed by atoms with van der Waals surface area (Å²) < 4.78 is 39.3. The van der Waals surface area contributed by atoms with E-state index < -0.39 is 63.0 Å². The lowest BCUT2D eigenvalue weighted by atomic mass is 9.44. The molecule has 0 unspecified atom stereocenters. The molecule has 0 spiro atoms. The summed E-state index contributed by atoms with van der Waals surface area (Å²) in [5, 5.41) is 16.0. The molecule has 2 aromatic rings. The summed E-state index contributed by atoms with van der Waals surface area (Å²) in [6, 6.07) is 6.00. The highest BCUT2D eigenvalue weighted by Crippen LogP contribution is 2.71. The maximum Gasteiger partial charge on any atom is 0.306 e. The number of alkyl halides is 2. The Balaban J connectivity index is 1.34. The number of rotatable bonds is 9. The molecular weight excluding hydrogens is 640 g/mol. The van der Waals surface area contributed by atoms with Gasteiger partial charge in [-0.1, -0.05) is 45.4 Å². The van der Waals surface area contributed by atoms with E-state index in [2.05, 4.69) is 5.10 Å². The number of nitrogens with zero attached hydrogens (tertiary/aromatic N) is 2. The minimum Gasteiger partial charge on any atom is -0.449 e. The Bertz CT molecular complexity index is 1710. The number of carbonyl (C=O) groups excluding carboxylic acids is 4. The third-order valence-electron chi connectivity index (χ3n) is 12.2. The molecule has 1 aromatic carbocycles. The summed E-state index contributed by atoms with van der Waals surface area (Å²) in [6.07, 6.45) is 3.92. The normalized spacial score (nSPS) is 34.1. The van der Waals surface area contributed by atoms with Crippen LogP contribution in [0.1, 0.15) is 94.3 Å². The topological polar surface area (TPSA) is 142 Å². The van der Waals surface area contributed by atoms with Gasteiger partial charge in [0.05, 0.1) is 23.7 Å². The molecule has 1 heterocycles. The second kappa shape index (κ2) is 12.2. The van der Waals surface area contributed by atoms with E-state index in [0.29, 0.717) is 42.3 Å². The number of fused-ring (bicyclic) bond motifs is 6. The molecule has 9 nitrogen and oxygen atoms in total. The zero-order valence-electron chi connectivity index (χ0n) is 27.8. The maximum absolute atomic E-state index is 18.1. The van der Waals surface area contributed by atoms with E-state index in [9.17, 15) is 28.7 Å². The van der Waals surface area contributed by atoms with E-state index in [0.717, 1.165) is 16.8 Å². The third kappa shape index (κ3) is 4.91. The number of esters is 1. The molecule has 3 saturated carbocycles. The van der Waals surface area contributed by atoms with Gasteiger partial charge in [0.2, 0.25) is 11.0 Å². The average Bonchev–Trinajstić information content (AvgIpc) is 3.58. The van der Waals surface area contributed by atoms with Gasteiger partial charge in [0.25, 0.3) is 0 Å². The standard InChI is InChI=1S/C36H43F2N3O6S/c1-5-30(44)47-35(32(46)48-19-37)12-11-25-26-10-9-23-15-27-22(16-33(23,3)36(26,38)29(43)17-34(25,35)4)18-40-41(27)24-8-6-7-21(14-24)28(42)13-20(2)31(39)45/h6-8,14-15,18,20,25-26,29,43H,5,9-13,16-17,19H2,1-4H3,(H2,39,45)/t20-,25+,26+,29+,33+,34+,35+,36+/m1/s1. The van der Waals surface area contributed by atoms with Crippen LogP contribution in [0.15, 0.2) is 36.0 Å². The molecule has 4 aliphatic rings. The zero-order valence-corrected chi connectivity index (χ0v) is 28.6. The summed E-state index contributed by atoms with van der Waals surface area (Å²) in [5.74, 6) is -2.93. The monoisotopic (exact) mass is 683 g/mol. The van der Waals surface area contributed by atoms with Gasteiger partial charge in [-0.15, -0.1) is 0 Å². The van der Waals surface area contributed by atoms with Crippen LogP contribution in [0.2, 0.25) is 0 Å². The van der Waals surface area contributed by atoms with Crippen molar-refractivity contribution >= 4 is 40.6 Å². The van der Waals surface area contributed by atoms with Gasteiger partial charge in [-0.05, 0) is 80.0 Å². The lowest BCUT2D eigenvalue weighted by Gasteiger charge is -2.63. The molecule has 0 radical (unpaired) electrons. The lowest BCUT2D eigenvalue weighted by molar-refractivity contribution is -0.228. The number of ether oxygens (including phenoxy) is 1. The highest BCUT2D eigenvalue weighted by molar-refractivity contribution is 8.13. The number of Topliss-reactive ketones (excluding diaryl/α,β-unsaturated/α-hetero) is 1. The lowest BCUT2D eigenvalue weighted by Crippen LogP contribution is -2.70. The number of hydrogen-bond donors (Lipinski definition) is 2. The molecule has 12 heteroatoms. The van der Waals surface area contributed by atoms with Crippen molar-refractivity contribution in [3.8, 4) is 5.69 Å². The largest absolute Gasteiger partial charge is 0.449 e. The number of nitrogens with two attached hydrogens (primary N) is 1. The molecule has 3 N–H and O–H groups in total. The molecule has 1 aromatic heterocycles. The maximum atomic E-state index is 18.1. The van der Waals surface area contributed by atoms with Crippen LogP contribution in [0, 0.1) is 28.6 Å². The predicted octanol–water partition coefficient (Wildman–Crippen LogP) is 5.69. The van der Waals surface area contributed by atoms with Crippen molar-refractivity contribution in [2.45, 2.75) is 96.4 Å². The fraction of sp³-hybridized carbons (Fsp3) is 0.583. The Kier molecular flexibility index (Phi) is 8.76. The number of hydrogen-bond acceptors (Lipinski definition) is 8. The molecular formula is C36H43F2N3O6S. The number of primary amides is 1. The van der Waals surface area contributed by atoms with Crippen molar-refractivity contribution in [1.82, 2.24) is 9.78 Å². The van der Waals surface area contributed by atoms with Crippen molar-refractivity contribution in [3.05, 3.63) is 52.9 Å². The fourth-order valence-electron chi connectivity index (χ4n) is 9.53. The van der Waals surface area contributed by atoms with Crippen LogP contribution in [0.25, 0.3) is 11.8 Å². The number of allylic oxidation sites excluding steroid dienone is 1. The second-order valence-electron chi connectivity index (χ2n) is 14.5. The van der Waals surface area contributed by atoms with Crippen LogP contribution in [-0.4, -0.2) is 61.0 Å². The molecule has 0 bridgehead atoms. The van der Waals surface area contributed by atoms with E-state index in [1.165, 1.54) is 0 Å². The third-order valence-corrected chi connectivity index (χ3v) is 12.9. The van der Waals surface area contributed by atoms with Crippen molar-refractivity contribution in [3.63, 3.8) is 0 Å². The highest BCUT2D eigenvalue weighted by Gasteiger charge is 2.76. The number of thioether (sulfide) groups is 1. The van der Waals surface area contributed by atoms with Crippen LogP contribution in [-0.2, 0) is 25.5 Å². The summed E-state index contributed by atoms with van der Waals surface area (Å²) >= 11 is 0.466. The Morgan fingerprint density at radius 3 is 2.65 bits per heavy atom. The van der Waals surface area contributed by atoms with Crippen molar-refractivity contribution in [1.29, 1.82) is 0 Å². The first-order valence-electron chi connectivity index (χ1n) is 16.7. The van der Waals surface area contributed by atoms with Crippen molar-refractivity contribution < 1.29 is 37.8 Å². The van der Waals surface area contributed by atoms with Crippen LogP contribution < -0.4 is 5.73 Å². The van der Waals surface area contributed by atoms with Crippen LogP contribution >= 0.6 is 11.8 Å². The first-order valence-corrected chi connectivity index (χ1v) is 17.7. The second-order valence-corrected chi connectivity index (χ2v) is 15.4. The van der Waals surface area contributed by atoms with Gasteiger partial charge < -0.3 is 15.6 Å². The van der Waals surface area contributed by atoms with Crippen molar-refractivity contribution in [2.75, 3.05) is 6.01 Å². The SMILES string of the molecule is CCC(=O)O[C@]1(C(=O)SCF)CC[C@H]2[C@@H]3CCC4=Cc5c(cnn5-c5cccc(C(=O)C[C@@H](C)C(N)=O)c5)C[C@]4(C)[C@@]3(F)[C@@H](O)C[C@@]21C. The Hall–Kier alpha value is -3.38. The molecule has 0 aliphatic heterocycles. The molecule has 258 valence electrons. The number of benzene rings is 1. The molecule has 6 rings (SSSR count). The minimum atomic E-state index is -2.05. The van der Waals surface area contributed by atoms with Gasteiger partial charge in [-0.25, -0.2) is 13.5 Å². The summed E-state index contributed by atoms with van der Waals surface area (Å²) in [6.45, 7) is 6.90. The van der Waals surface area contributed by atoms with E-state index in [4.69, 9.17) is 10.5 Å². The van der Waals surface area contributed by atoms with E-state index in [1.807, 2.05) is 19.1 Å². The number of aliphatic hydroxyl groups excluding tert-OH is 1. The van der Waals surface area contributed by atoms with Crippen LogP contribution in [0.3, 0.4) is 0 Å². The summed E-state index contributed by atoms with van der Waals surface area (Å²) in [7, 11) is 0. The first-order chi connectivity index (χ1) is 22.7. The minimum absolute atomic E-state index is 0.00841. The van der Waals surface area contributed by atoms with Gasteiger partial charge in [0.15, 0.2) is 11.4 Å². The first kappa shape index (κ1) is 34.5. The Morgan fingerprint density at radius 1 is 1.21 bits per heavy atom. The molecule has 8 atom stereocenters. The molecule has 1 amide bonds. The number of aliphatic hydroxyl groups is 1. The number of aromatic nitrogens is 2. The van der Waals surface area contributed by atoms with Gasteiger partial charge in [0, 0.05) is 41.1 Å². The quantitative estimate of drug-likeness (QED) is 0.254. The Labute approximate surface area is 283 Å². The fourth-order valence-corrected chi connectivity index (χ4v) is 10.2. The molecule has 48 heavy (non-hydrogen) atoms. The van der Waals surface area contributed by atoms with Crippen molar-refractivity contribution in [2.24, 2.45) is 34.3 Å². The highest BCUT2D eigenvalue weighted by atomic mass is 32.2. The predicted molar refractivity (Wildman–Crippen MR) is 176 cm³/mol. The number of amides is 1. The van der Waals surface area contributed by atoms with E-state index in [1.54, 1.807) is 49.8 Å². The Morgan fingerprint density at radius 2 is 1.96 bits per heavy atom. The van der Waals surface area contributed by atoms with Crippen LogP contribution in [0.5, 0.6) is 0 Å². The molecule has 4 aliphatic carbocycles. The zero-order chi connectivity index (χ0) is 34.8. The number of halogens is 2. The summed E-state index contributed by atoms with van der Waals surface area (Å²) in [5.41, 5.74) is 3.01. The number of carbonyl (C=O) groups is 4. The van der Waals surface area contributed by atoms with E-state index in [-0.39, 0.29) is 43.8 Å². The molecule has 3 fully saturated rings. The van der Waals surface area contributed by atoms with Gasteiger partial charge in [-0.2, -0.15) is 5.10 Å². The van der Waals surface area contributed by atoms with Gasteiger partial charge >= 0.3 is 5.97 Å². The smallest absolute Gasteiger partial charge is 0.306 e. The van der Waals surface area contributed by atoms with Crippen LogP contribution in [0.4, 0.5) is 8.78 Å². The average molecular weight is 684 g/mol. The van der Waals surface area contributed by atoms with Gasteiger partial charge in [0.1, 0.15) is 11.7 Å². The van der Waals surface area contributed by atoms with E-state index >= 15 is 4.39 Å². The number of ketones is 1. The summed E-state index contributed by atoms with van der Waals surface area (Å²) in [4.78, 5) is 50.6. The van der Waals surface area contributed by atoms with Gasteiger partial charge in [-0.3, -0.25) is 19.2 Å². The molecule has 0 saturated heterocycles.